The van der Waals surface area contributed by atoms with Gasteiger partial charge in [-0.15, -0.1) is 0 Å². The van der Waals surface area contributed by atoms with E-state index in [1.165, 1.54) is 24.5 Å². The monoisotopic (exact) mass is 405 g/mol. The van der Waals surface area contributed by atoms with E-state index in [0.717, 1.165) is 11.1 Å². The number of halogens is 1. The number of aryl methyl sites for hydroxylation is 2. The van der Waals surface area contributed by atoms with Crippen LogP contribution in [0.1, 0.15) is 21.5 Å². The van der Waals surface area contributed by atoms with Crippen molar-refractivity contribution in [2.75, 3.05) is 0 Å². The Balaban J connectivity index is 1.97. The molecule has 5 nitrogen and oxygen atoms in total. The molecular formula is C23H16ClNO4. The second kappa shape index (κ2) is 7.53. The van der Waals surface area contributed by atoms with Crippen LogP contribution in [0, 0.1) is 13.8 Å². The Labute approximate surface area is 171 Å². The van der Waals surface area contributed by atoms with Gasteiger partial charge in [-0.05, 0) is 61.4 Å². The average molecular weight is 406 g/mol. The van der Waals surface area contributed by atoms with E-state index in [1.54, 1.807) is 36.4 Å². The molecule has 6 heteroatoms. The molecule has 0 fully saturated rings. The number of hydrogen-bond donors (Lipinski definition) is 0. The fourth-order valence-electron chi connectivity index (χ4n) is 2.99. The first-order valence-electron chi connectivity index (χ1n) is 8.91. The summed E-state index contributed by atoms with van der Waals surface area (Å²) in [4.78, 5) is 29.8. The molecule has 0 saturated heterocycles. The molecule has 2 aromatic heterocycles. The van der Waals surface area contributed by atoms with Gasteiger partial charge in [-0.2, -0.15) is 0 Å². The molecule has 0 amide bonds. The fraction of sp³-hybridized carbons (Fsp3) is 0.0870. The first-order valence-corrected chi connectivity index (χ1v) is 9.28. The van der Waals surface area contributed by atoms with E-state index in [-0.39, 0.29) is 17.1 Å². The number of fused-ring (bicyclic) bond motifs is 1. The number of rotatable bonds is 3. The van der Waals surface area contributed by atoms with Gasteiger partial charge in [-0.25, -0.2) is 4.79 Å². The van der Waals surface area contributed by atoms with Gasteiger partial charge in [0.05, 0.1) is 16.0 Å². The van der Waals surface area contributed by atoms with Gasteiger partial charge in [0.25, 0.3) is 0 Å². The van der Waals surface area contributed by atoms with Crippen LogP contribution in [0.2, 0.25) is 5.02 Å². The summed E-state index contributed by atoms with van der Waals surface area (Å²) in [7, 11) is 0. The highest BCUT2D eigenvalue weighted by atomic mass is 35.5. The van der Waals surface area contributed by atoms with E-state index in [2.05, 4.69) is 4.98 Å². The van der Waals surface area contributed by atoms with Crippen molar-refractivity contribution in [3.8, 4) is 17.1 Å². The molecule has 0 bridgehead atoms. The van der Waals surface area contributed by atoms with Gasteiger partial charge in [-0.3, -0.25) is 9.78 Å². The summed E-state index contributed by atoms with van der Waals surface area (Å²) in [6.45, 7) is 3.83. The first-order chi connectivity index (χ1) is 14.0. The highest BCUT2D eigenvalue weighted by Gasteiger charge is 2.23. The minimum atomic E-state index is -0.684. The van der Waals surface area contributed by atoms with Crippen molar-refractivity contribution in [2.45, 2.75) is 13.8 Å². The zero-order valence-corrected chi connectivity index (χ0v) is 16.5. The van der Waals surface area contributed by atoms with Crippen LogP contribution in [0.3, 0.4) is 0 Å². The molecule has 0 saturated carbocycles. The maximum absolute atomic E-state index is 13.3. The topological polar surface area (TPSA) is 69.4 Å². The van der Waals surface area contributed by atoms with E-state index < -0.39 is 11.4 Å². The van der Waals surface area contributed by atoms with Gasteiger partial charge in [0.15, 0.2) is 5.76 Å². The average Bonchev–Trinajstić information content (AvgIpc) is 2.72. The zero-order valence-electron chi connectivity index (χ0n) is 15.7. The third kappa shape index (κ3) is 3.52. The van der Waals surface area contributed by atoms with Crippen molar-refractivity contribution in [2.24, 2.45) is 0 Å². The first kappa shape index (κ1) is 18.9. The summed E-state index contributed by atoms with van der Waals surface area (Å²) < 4.78 is 11.6. The van der Waals surface area contributed by atoms with Crippen LogP contribution in [-0.4, -0.2) is 11.0 Å². The molecule has 0 aliphatic carbocycles. The second-order valence-corrected chi connectivity index (χ2v) is 7.03. The van der Waals surface area contributed by atoms with Crippen LogP contribution in [0.25, 0.3) is 22.3 Å². The molecule has 0 N–H and O–H groups in total. The van der Waals surface area contributed by atoms with E-state index in [4.69, 9.17) is 20.8 Å². The largest absolute Gasteiger partial charge is 0.452 e. The summed E-state index contributed by atoms with van der Waals surface area (Å²) in [6.07, 6.45) is 2.95. The van der Waals surface area contributed by atoms with Crippen LogP contribution in [-0.2, 0) is 0 Å². The van der Waals surface area contributed by atoms with Crippen molar-refractivity contribution >= 4 is 28.5 Å². The third-order valence-electron chi connectivity index (χ3n) is 4.69. The zero-order chi connectivity index (χ0) is 20.5. The Morgan fingerprint density at radius 3 is 2.45 bits per heavy atom. The van der Waals surface area contributed by atoms with Crippen molar-refractivity contribution < 1.29 is 13.9 Å². The minimum absolute atomic E-state index is 0.110. The Kier molecular flexibility index (Phi) is 4.91. The lowest BCUT2D eigenvalue weighted by molar-refractivity contribution is 0.0731. The SMILES string of the molecule is Cc1cc2oc(-c3ccccc3Cl)c(OC(=O)c3ccncc3)c(=O)c2cc1C. The van der Waals surface area contributed by atoms with E-state index in [0.29, 0.717) is 21.6 Å². The van der Waals surface area contributed by atoms with Crippen molar-refractivity contribution in [3.05, 3.63) is 92.9 Å². The molecular weight excluding hydrogens is 390 g/mol. The lowest BCUT2D eigenvalue weighted by Crippen LogP contribution is -2.16. The van der Waals surface area contributed by atoms with Gasteiger partial charge >= 0.3 is 5.97 Å². The molecule has 144 valence electrons. The summed E-state index contributed by atoms with van der Waals surface area (Å²) in [5, 5.41) is 0.710. The molecule has 0 atom stereocenters. The molecule has 0 radical (unpaired) electrons. The number of carbonyl (C=O) groups is 1. The maximum atomic E-state index is 13.3. The van der Waals surface area contributed by atoms with E-state index >= 15 is 0 Å². The van der Waals surface area contributed by atoms with Gasteiger partial charge in [0.1, 0.15) is 5.58 Å². The maximum Gasteiger partial charge on any atom is 0.343 e. The van der Waals surface area contributed by atoms with Crippen molar-refractivity contribution in [3.63, 3.8) is 0 Å². The highest BCUT2D eigenvalue weighted by molar-refractivity contribution is 6.33. The molecule has 29 heavy (non-hydrogen) atoms. The number of aromatic nitrogens is 1. The number of pyridine rings is 1. The van der Waals surface area contributed by atoms with E-state index in [1.807, 2.05) is 13.8 Å². The van der Waals surface area contributed by atoms with Gasteiger partial charge in [0, 0.05) is 18.0 Å². The quantitative estimate of drug-likeness (QED) is 0.430. The smallest absolute Gasteiger partial charge is 0.343 e. The van der Waals surface area contributed by atoms with Crippen LogP contribution >= 0.6 is 11.6 Å². The molecule has 4 aromatic rings. The van der Waals surface area contributed by atoms with Crippen molar-refractivity contribution in [1.82, 2.24) is 4.98 Å². The molecule has 0 unspecified atom stereocenters. The molecule has 4 rings (SSSR count). The summed E-state index contributed by atoms with van der Waals surface area (Å²) >= 11 is 6.33. The Hall–Kier alpha value is -3.44. The number of esters is 1. The van der Waals surface area contributed by atoms with Crippen LogP contribution in [0.4, 0.5) is 0 Å². The highest BCUT2D eigenvalue weighted by Crippen LogP contribution is 2.36. The second-order valence-electron chi connectivity index (χ2n) is 6.63. The fourth-order valence-corrected chi connectivity index (χ4v) is 3.21. The normalized spacial score (nSPS) is 10.9. The number of nitrogens with zero attached hydrogens (tertiary/aromatic N) is 1. The molecule has 0 aliphatic heterocycles. The molecule has 0 aliphatic rings. The predicted octanol–water partition coefficient (Wildman–Crippen LogP) is 5.34. The van der Waals surface area contributed by atoms with Gasteiger partial charge in [-0.1, -0.05) is 23.7 Å². The summed E-state index contributed by atoms with van der Waals surface area (Å²) in [5.74, 6) is -0.773. The van der Waals surface area contributed by atoms with Gasteiger partial charge in [0.2, 0.25) is 11.2 Å². The van der Waals surface area contributed by atoms with Crippen LogP contribution in [0.5, 0.6) is 5.75 Å². The summed E-state index contributed by atoms with van der Waals surface area (Å²) in [6, 6.07) is 13.5. The number of benzene rings is 2. The van der Waals surface area contributed by atoms with Crippen molar-refractivity contribution in [1.29, 1.82) is 0 Å². The van der Waals surface area contributed by atoms with Crippen LogP contribution in [0.15, 0.2) is 70.1 Å². The van der Waals surface area contributed by atoms with E-state index in [9.17, 15) is 9.59 Å². The van der Waals surface area contributed by atoms with Crippen LogP contribution < -0.4 is 10.2 Å². The Bertz CT molecular complexity index is 1300. The number of hydrogen-bond acceptors (Lipinski definition) is 5. The number of carbonyl (C=O) groups excluding carboxylic acids is 1. The third-order valence-corrected chi connectivity index (χ3v) is 5.02. The Morgan fingerprint density at radius 2 is 1.72 bits per heavy atom. The standard InChI is InChI=1S/C23H16ClNO4/c1-13-11-17-19(12-14(13)2)28-21(16-5-3-4-6-18(16)24)22(20(17)26)29-23(27)15-7-9-25-10-8-15/h3-12H,1-2H3. The molecule has 0 spiro atoms. The lowest BCUT2D eigenvalue weighted by atomic mass is 10.0. The summed E-state index contributed by atoms with van der Waals surface area (Å²) in [5.41, 5.74) is 2.60. The molecule has 2 heterocycles. The Morgan fingerprint density at radius 1 is 1.03 bits per heavy atom. The number of ether oxygens (including phenoxy) is 1. The lowest BCUT2D eigenvalue weighted by Gasteiger charge is -2.12. The van der Waals surface area contributed by atoms with Gasteiger partial charge < -0.3 is 9.15 Å². The minimum Gasteiger partial charge on any atom is -0.452 e. The predicted molar refractivity (Wildman–Crippen MR) is 112 cm³/mol. The molecule has 2 aromatic carbocycles.